The molecular weight excluding hydrogens is 429 g/mol. The molecule has 2 N–H and O–H groups in total. The molecule has 1 aliphatic rings. The Labute approximate surface area is 192 Å². The van der Waals surface area contributed by atoms with E-state index in [1.807, 2.05) is 0 Å². The topological polar surface area (TPSA) is 175 Å². The molecule has 2 aromatic carbocycles. The number of nitro groups is 1. The van der Waals surface area contributed by atoms with E-state index < -0.39 is 27.0 Å². The number of benzene rings is 2. The van der Waals surface area contributed by atoms with E-state index in [4.69, 9.17) is 4.55 Å². The summed E-state index contributed by atoms with van der Waals surface area (Å²) in [7, 11) is -4.38. The molecule has 1 unspecified atom stereocenters. The number of nitro benzene ring substituents is 1. The molecule has 0 fully saturated rings. The van der Waals surface area contributed by atoms with Gasteiger partial charge in [0.2, 0.25) is 0 Å². The molecule has 0 aromatic heterocycles. The van der Waals surface area contributed by atoms with Gasteiger partial charge in [-0.3, -0.25) is 19.5 Å². The molecule has 30 heavy (non-hydrogen) atoms. The van der Waals surface area contributed by atoms with Crippen molar-refractivity contribution in [1.29, 1.82) is 0 Å². The fraction of sp³-hybridized carbons (Fsp3) is 0.125. The van der Waals surface area contributed by atoms with Crippen molar-refractivity contribution in [3.05, 3.63) is 52.6 Å². The first kappa shape index (κ1) is 23.6. The first-order valence-electron chi connectivity index (χ1n) is 7.93. The zero-order valence-corrected chi connectivity index (χ0v) is 18.5. The van der Waals surface area contributed by atoms with E-state index in [1.165, 1.54) is 19.1 Å². The van der Waals surface area contributed by atoms with Crippen LogP contribution in [0.5, 0.6) is 5.75 Å². The van der Waals surface area contributed by atoms with Crippen LogP contribution in [-0.2, 0) is 14.9 Å². The van der Waals surface area contributed by atoms with Gasteiger partial charge in [0.05, 0.1) is 21.2 Å². The van der Waals surface area contributed by atoms with Gasteiger partial charge in [-0.05, 0) is 37.3 Å². The van der Waals surface area contributed by atoms with Gasteiger partial charge in [-0.15, -0.1) is 0 Å². The van der Waals surface area contributed by atoms with Crippen LogP contribution in [0.1, 0.15) is 6.92 Å². The average molecular weight is 442 g/mol. The van der Waals surface area contributed by atoms with E-state index in [2.05, 4.69) is 15.3 Å². The maximum absolute atomic E-state index is 12.6. The van der Waals surface area contributed by atoms with Crippen LogP contribution in [0.2, 0.25) is 0 Å². The minimum atomic E-state index is -4.38. The molecule has 151 valence electrons. The number of hydrogen-bond acceptors (Lipinski definition) is 9. The van der Waals surface area contributed by atoms with Crippen LogP contribution in [0.4, 0.5) is 17.1 Å². The number of amides is 1. The zero-order valence-electron chi connectivity index (χ0n) is 15.7. The Hall–Kier alpha value is -2.71. The second-order valence-corrected chi connectivity index (χ2v) is 7.33. The number of anilines is 1. The molecule has 0 aliphatic carbocycles. The Bertz CT molecular complexity index is 1170. The molecule has 1 heterocycles. The van der Waals surface area contributed by atoms with E-state index in [1.54, 1.807) is 0 Å². The van der Waals surface area contributed by atoms with Crippen LogP contribution in [0.25, 0.3) is 0 Å². The summed E-state index contributed by atoms with van der Waals surface area (Å²) in [5.41, 5.74) is 0.0105. The minimum Gasteiger partial charge on any atom is -0.506 e. The number of phenols is 1. The third kappa shape index (κ3) is 4.88. The normalized spacial score (nSPS) is 16.5. The van der Waals surface area contributed by atoms with Gasteiger partial charge in [0.15, 0.2) is 6.04 Å². The summed E-state index contributed by atoms with van der Waals surface area (Å²) in [5.74, 6) is -0.951. The van der Waals surface area contributed by atoms with Crippen LogP contribution in [0, 0.1) is 10.1 Å². The SMILES string of the molecule is CC1=NN(c2ccc(S(=O)(=O)O)cc2)C(=O)C1N=Nc1cc([N+](=O)[O-])ccc1O.[Na]. The zero-order chi connectivity index (χ0) is 21.3. The quantitative estimate of drug-likeness (QED) is 0.234. The number of non-ortho nitro benzene ring substituents is 1. The smallest absolute Gasteiger partial charge is 0.294 e. The first-order chi connectivity index (χ1) is 13.6. The maximum Gasteiger partial charge on any atom is 0.294 e. The van der Waals surface area contributed by atoms with Crippen LogP contribution in [-0.4, -0.2) is 70.2 Å². The van der Waals surface area contributed by atoms with E-state index in [0.717, 1.165) is 35.3 Å². The van der Waals surface area contributed by atoms with Crippen molar-refractivity contribution in [3.8, 4) is 5.75 Å². The Morgan fingerprint density at radius 3 is 2.40 bits per heavy atom. The second-order valence-electron chi connectivity index (χ2n) is 5.91. The number of phenolic OH excluding ortho intramolecular Hbond substituents is 1. The van der Waals surface area contributed by atoms with Crippen LogP contribution >= 0.6 is 0 Å². The number of carbonyl (C=O) groups is 1. The van der Waals surface area contributed by atoms with Crippen molar-refractivity contribution in [2.75, 3.05) is 5.01 Å². The number of rotatable bonds is 5. The van der Waals surface area contributed by atoms with Crippen molar-refractivity contribution in [2.24, 2.45) is 15.3 Å². The Balaban J connectivity index is 0.00000320. The molecule has 12 nitrogen and oxygen atoms in total. The van der Waals surface area contributed by atoms with Crippen LogP contribution in [0.3, 0.4) is 0 Å². The summed E-state index contributed by atoms with van der Waals surface area (Å²) in [6.07, 6.45) is 0. The first-order valence-corrected chi connectivity index (χ1v) is 9.37. The summed E-state index contributed by atoms with van der Waals surface area (Å²) in [4.78, 5) is 22.4. The molecule has 1 amide bonds. The van der Waals surface area contributed by atoms with Gasteiger partial charge in [-0.1, -0.05) is 0 Å². The molecule has 1 atom stereocenters. The number of carbonyl (C=O) groups excluding carboxylic acids is 1. The Morgan fingerprint density at radius 2 is 1.83 bits per heavy atom. The van der Waals surface area contributed by atoms with Gasteiger partial charge in [0.25, 0.3) is 21.7 Å². The molecule has 0 spiro atoms. The van der Waals surface area contributed by atoms with Crippen molar-refractivity contribution in [3.63, 3.8) is 0 Å². The van der Waals surface area contributed by atoms with E-state index in [0.29, 0.717) is 0 Å². The Kier molecular flexibility index (Phi) is 7.05. The van der Waals surface area contributed by atoms with Gasteiger partial charge >= 0.3 is 0 Å². The Morgan fingerprint density at radius 1 is 1.20 bits per heavy atom. The largest absolute Gasteiger partial charge is 0.506 e. The van der Waals surface area contributed by atoms with Gasteiger partial charge < -0.3 is 5.11 Å². The van der Waals surface area contributed by atoms with E-state index in [9.17, 15) is 28.4 Å². The standard InChI is InChI=1S/C16H13N5O7S.Na/c1-9-15(18-17-13-8-11(21(24)25)4-7-14(13)22)16(23)20(19-9)10-2-5-12(6-3-10)29(26,27)28;/h2-8,15,22H,1H3,(H,26,27,28);. The van der Waals surface area contributed by atoms with Crippen molar-refractivity contribution < 1.29 is 27.8 Å². The molecular formula is C16H13N5NaO7S. The molecule has 14 heteroatoms. The van der Waals surface area contributed by atoms with E-state index in [-0.39, 0.29) is 63.0 Å². The average Bonchev–Trinajstić information content (AvgIpc) is 2.94. The number of nitrogens with zero attached hydrogens (tertiary/aromatic N) is 5. The fourth-order valence-corrected chi connectivity index (χ4v) is 2.94. The molecule has 0 saturated heterocycles. The van der Waals surface area contributed by atoms with Gasteiger partial charge in [-0.2, -0.15) is 28.8 Å². The van der Waals surface area contributed by atoms with Gasteiger partial charge in [0.1, 0.15) is 11.4 Å². The summed E-state index contributed by atoms with van der Waals surface area (Å²) in [5, 5.41) is 33.2. The second kappa shape index (κ2) is 8.97. The molecule has 1 radical (unpaired) electrons. The number of hydrogen-bond donors (Lipinski definition) is 2. The van der Waals surface area contributed by atoms with Crippen molar-refractivity contribution in [2.45, 2.75) is 17.9 Å². The number of aromatic hydroxyl groups is 1. The predicted octanol–water partition coefficient (Wildman–Crippen LogP) is 2.04. The maximum atomic E-state index is 12.6. The van der Waals surface area contributed by atoms with E-state index >= 15 is 0 Å². The molecule has 0 bridgehead atoms. The molecule has 2 aromatic rings. The number of hydrazone groups is 1. The van der Waals surface area contributed by atoms with Crippen molar-refractivity contribution in [1.82, 2.24) is 0 Å². The molecule has 0 saturated carbocycles. The monoisotopic (exact) mass is 442 g/mol. The van der Waals surface area contributed by atoms with Crippen LogP contribution in [0.15, 0.2) is 62.7 Å². The predicted molar refractivity (Wildman–Crippen MR) is 106 cm³/mol. The fourth-order valence-electron chi connectivity index (χ4n) is 2.46. The molecule has 3 rings (SSSR count). The number of azo groups is 1. The van der Waals surface area contributed by atoms with Gasteiger partial charge in [-0.25, -0.2) is 0 Å². The summed E-state index contributed by atoms with van der Waals surface area (Å²) >= 11 is 0. The van der Waals surface area contributed by atoms with Crippen LogP contribution < -0.4 is 5.01 Å². The summed E-state index contributed by atoms with van der Waals surface area (Å²) in [6, 6.07) is 6.85. The summed E-state index contributed by atoms with van der Waals surface area (Å²) in [6.45, 7) is 1.52. The summed E-state index contributed by atoms with van der Waals surface area (Å²) < 4.78 is 31.2. The minimum absolute atomic E-state index is 0. The third-order valence-corrected chi connectivity index (χ3v) is 4.79. The third-order valence-electron chi connectivity index (χ3n) is 3.93. The van der Waals surface area contributed by atoms with Gasteiger partial charge in [0, 0.05) is 41.7 Å². The molecule has 1 aliphatic heterocycles. The van der Waals surface area contributed by atoms with Crippen molar-refractivity contribution >= 4 is 68.4 Å².